The van der Waals surface area contributed by atoms with E-state index in [2.05, 4.69) is 4.72 Å². The number of hydrogen-bond donors (Lipinski definition) is 2. The van der Waals surface area contributed by atoms with Crippen LogP contribution < -0.4 is 10.5 Å². The Morgan fingerprint density at radius 1 is 1.31 bits per heavy atom. The molecule has 0 saturated heterocycles. The fourth-order valence-corrected chi connectivity index (χ4v) is 3.14. The molecule has 6 heteroatoms. The smallest absolute Gasteiger partial charge is 0.242 e. The van der Waals surface area contributed by atoms with Crippen LogP contribution >= 0.6 is 11.6 Å². The van der Waals surface area contributed by atoms with Crippen LogP contribution in [0.2, 0.25) is 5.02 Å². The summed E-state index contributed by atoms with van der Waals surface area (Å²) in [7, 11) is -3.63. The fourth-order valence-electron chi connectivity index (χ4n) is 1.18. The second-order valence-electron chi connectivity index (χ2n) is 4.55. The summed E-state index contributed by atoms with van der Waals surface area (Å²) in [6.45, 7) is 5.26. The molecule has 1 aromatic carbocycles. The van der Waals surface area contributed by atoms with Gasteiger partial charge < -0.3 is 5.73 Å². The maximum Gasteiger partial charge on any atom is 0.242 e. The SMILES string of the molecule is CC(C)(C)NS(=O)(=O)c1cc(N)ccc1Cl. The third-order valence-corrected chi connectivity index (χ3v) is 3.92. The number of halogens is 1. The average Bonchev–Trinajstić information content (AvgIpc) is 2.04. The Bertz CT molecular complexity index is 492. The van der Waals surface area contributed by atoms with E-state index in [9.17, 15) is 8.42 Å². The number of benzene rings is 1. The second kappa shape index (κ2) is 4.24. The quantitative estimate of drug-likeness (QED) is 0.801. The van der Waals surface area contributed by atoms with Gasteiger partial charge in [-0.1, -0.05) is 11.6 Å². The van der Waals surface area contributed by atoms with Gasteiger partial charge in [-0.25, -0.2) is 13.1 Å². The molecule has 0 aromatic heterocycles. The normalized spacial score (nSPS) is 12.8. The van der Waals surface area contributed by atoms with Crippen molar-refractivity contribution in [3.63, 3.8) is 0 Å². The van der Waals surface area contributed by atoms with E-state index in [1.54, 1.807) is 26.8 Å². The molecule has 0 spiro atoms. The van der Waals surface area contributed by atoms with Gasteiger partial charge in [0.25, 0.3) is 0 Å². The first-order chi connectivity index (χ1) is 7.12. The van der Waals surface area contributed by atoms with Crippen LogP contribution in [-0.2, 0) is 10.0 Å². The molecule has 16 heavy (non-hydrogen) atoms. The zero-order valence-electron chi connectivity index (χ0n) is 9.41. The molecule has 0 unspecified atom stereocenters. The lowest BCUT2D eigenvalue weighted by Gasteiger charge is -2.20. The van der Waals surface area contributed by atoms with Crippen molar-refractivity contribution in [1.82, 2.24) is 4.72 Å². The molecule has 0 heterocycles. The Morgan fingerprint density at radius 2 is 1.88 bits per heavy atom. The van der Waals surface area contributed by atoms with Gasteiger partial charge in [0, 0.05) is 11.2 Å². The van der Waals surface area contributed by atoms with Crippen molar-refractivity contribution in [3.8, 4) is 0 Å². The van der Waals surface area contributed by atoms with E-state index in [1.807, 2.05) is 0 Å². The minimum Gasteiger partial charge on any atom is -0.399 e. The molecule has 0 aliphatic heterocycles. The average molecular weight is 263 g/mol. The summed E-state index contributed by atoms with van der Waals surface area (Å²) in [6, 6.07) is 4.36. The fraction of sp³-hybridized carbons (Fsp3) is 0.400. The summed E-state index contributed by atoms with van der Waals surface area (Å²) in [4.78, 5) is 0.00379. The van der Waals surface area contributed by atoms with Crippen molar-refractivity contribution in [3.05, 3.63) is 23.2 Å². The highest BCUT2D eigenvalue weighted by molar-refractivity contribution is 7.89. The monoisotopic (exact) mass is 262 g/mol. The first-order valence-corrected chi connectivity index (χ1v) is 6.57. The molecule has 0 aliphatic rings. The van der Waals surface area contributed by atoms with Gasteiger partial charge in [-0.3, -0.25) is 0 Å². The summed E-state index contributed by atoms with van der Waals surface area (Å²) in [6.07, 6.45) is 0. The Hall–Kier alpha value is -0.780. The third-order valence-electron chi connectivity index (χ3n) is 1.69. The van der Waals surface area contributed by atoms with E-state index in [1.165, 1.54) is 12.1 Å². The van der Waals surface area contributed by atoms with Crippen molar-refractivity contribution in [2.45, 2.75) is 31.2 Å². The maximum absolute atomic E-state index is 12.0. The van der Waals surface area contributed by atoms with Crippen molar-refractivity contribution in [2.24, 2.45) is 0 Å². The van der Waals surface area contributed by atoms with Crippen LogP contribution in [0.4, 0.5) is 5.69 Å². The van der Waals surface area contributed by atoms with Gasteiger partial charge in [0.05, 0.1) is 5.02 Å². The van der Waals surface area contributed by atoms with E-state index in [4.69, 9.17) is 17.3 Å². The van der Waals surface area contributed by atoms with E-state index < -0.39 is 15.6 Å². The summed E-state index contributed by atoms with van der Waals surface area (Å²) in [5.41, 5.74) is 5.33. The van der Waals surface area contributed by atoms with Crippen LogP contribution in [0.5, 0.6) is 0 Å². The summed E-state index contributed by atoms with van der Waals surface area (Å²) in [5.74, 6) is 0. The lowest BCUT2D eigenvalue weighted by atomic mass is 10.1. The summed E-state index contributed by atoms with van der Waals surface area (Å²) < 4.78 is 26.5. The third kappa shape index (κ3) is 3.37. The Labute approximate surface area is 101 Å². The van der Waals surface area contributed by atoms with Gasteiger partial charge in [-0.2, -0.15) is 0 Å². The molecule has 90 valence electrons. The molecule has 0 fully saturated rings. The predicted octanol–water partition coefficient (Wildman–Crippen LogP) is 2.00. The zero-order chi connectivity index (χ0) is 12.6. The van der Waals surface area contributed by atoms with Crippen molar-refractivity contribution in [1.29, 1.82) is 0 Å². The predicted molar refractivity (Wildman–Crippen MR) is 65.9 cm³/mol. The Balaban J connectivity index is 3.22. The Morgan fingerprint density at radius 3 is 2.38 bits per heavy atom. The molecule has 0 atom stereocenters. The highest BCUT2D eigenvalue weighted by atomic mass is 35.5. The van der Waals surface area contributed by atoms with Crippen LogP contribution in [0.3, 0.4) is 0 Å². The molecule has 0 radical (unpaired) electrons. The van der Waals surface area contributed by atoms with E-state index in [-0.39, 0.29) is 9.92 Å². The van der Waals surface area contributed by atoms with Crippen LogP contribution in [-0.4, -0.2) is 14.0 Å². The zero-order valence-corrected chi connectivity index (χ0v) is 11.0. The maximum atomic E-state index is 12.0. The molecule has 1 aromatic rings. The molecular weight excluding hydrogens is 248 g/mol. The van der Waals surface area contributed by atoms with Crippen LogP contribution in [0, 0.1) is 0 Å². The number of rotatable bonds is 2. The minimum absolute atomic E-state index is 0.00379. The standard InChI is InChI=1S/C10H15ClN2O2S/c1-10(2,3)13-16(14,15)9-6-7(12)4-5-8(9)11/h4-6,13H,12H2,1-3H3. The van der Waals surface area contributed by atoms with Gasteiger partial charge in [0.15, 0.2) is 0 Å². The molecule has 0 saturated carbocycles. The summed E-state index contributed by atoms with van der Waals surface area (Å²) >= 11 is 5.83. The number of anilines is 1. The first kappa shape index (κ1) is 13.3. The molecule has 1 rings (SSSR count). The highest BCUT2D eigenvalue weighted by Crippen LogP contribution is 2.24. The number of nitrogens with one attached hydrogen (secondary N) is 1. The number of sulfonamides is 1. The van der Waals surface area contributed by atoms with E-state index >= 15 is 0 Å². The van der Waals surface area contributed by atoms with Crippen LogP contribution in [0.25, 0.3) is 0 Å². The number of hydrogen-bond acceptors (Lipinski definition) is 3. The lowest BCUT2D eigenvalue weighted by Crippen LogP contribution is -2.40. The minimum atomic E-state index is -3.63. The van der Waals surface area contributed by atoms with Gasteiger partial charge in [-0.15, -0.1) is 0 Å². The van der Waals surface area contributed by atoms with Crippen molar-refractivity contribution < 1.29 is 8.42 Å². The molecule has 3 N–H and O–H groups in total. The Kier molecular flexibility index (Phi) is 3.52. The van der Waals surface area contributed by atoms with E-state index in [0.29, 0.717) is 5.69 Å². The van der Waals surface area contributed by atoms with Gasteiger partial charge >= 0.3 is 0 Å². The van der Waals surface area contributed by atoms with Crippen molar-refractivity contribution in [2.75, 3.05) is 5.73 Å². The van der Waals surface area contributed by atoms with Crippen molar-refractivity contribution >= 4 is 27.3 Å². The number of nitrogens with two attached hydrogens (primary N) is 1. The molecule has 0 amide bonds. The van der Waals surface area contributed by atoms with Crippen LogP contribution in [0.1, 0.15) is 20.8 Å². The molecule has 0 aliphatic carbocycles. The number of nitrogen functional groups attached to an aromatic ring is 1. The largest absolute Gasteiger partial charge is 0.399 e. The van der Waals surface area contributed by atoms with Crippen LogP contribution in [0.15, 0.2) is 23.1 Å². The molecule has 4 nitrogen and oxygen atoms in total. The lowest BCUT2D eigenvalue weighted by molar-refractivity contribution is 0.491. The highest BCUT2D eigenvalue weighted by Gasteiger charge is 2.24. The topological polar surface area (TPSA) is 72.2 Å². The van der Waals surface area contributed by atoms with Gasteiger partial charge in [-0.05, 0) is 39.0 Å². The summed E-state index contributed by atoms with van der Waals surface area (Å²) in [5, 5.41) is 0.158. The van der Waals surface area contributed by atoms with E-state index in [0.717, 1.165) is 0 Å². The first-order valence-electron chi connectivity index (χ1n) is 4.71. The second-order valence-corrected chi connectivity index (χ2v) is 6.60. The molecule has 0 bridgehead atoms. The molecular formula is C10H15ClN2O2S. The van der Waals surface area contributed by atoms with Gasteiger partial charge in [0.2, 0.25) is 10.0 Å². The van der Waals surface area contributed by atoms with Gasteiger partial charge in [0.1, 0.15) is 4.90 Å².